The van der Waals surface area contributed by atoms with Crippen LogP contribution in [0.3, 0.4) is 0 Å². The highest BCUT2D eigenvalue weighted by atomic mass is 32.2. The molecule has 0 spiro atoms. The molecule has 0 aromatic heterocycles. The van der Waals surface area contributed by atoms with Crippen molar-refractivity contribution >= 4 is 15.9 Å². The Morgan fingerprint density at radius 3 is 2.67 bits per heavy atom. The van der Waals surface area contributed by atoms with E-state index in [0.29, 0.717) is 13.1 Å². The van der Waals surface area contributed by atoms with Gasteiger partial charge in [0.2, 0.25) is 15.9 Å². The summed E-state index contributed by atoms with van der Waals surface area (Å²) in [5, 5.41) is 0. The van der Waals surface area contributed by atoms with Gasteiger partial charge in [-0.05, 0) is 38.5 Å². The van der Waals surface area contributed by atoms with Crippen LogP contribution >= 0.6 is 0 Å². The summed E-state index contributed by atoms with van der Waals surface area (Å²) in [4.78, 5) is 14.7. The van der Waals surface area contributed by atoms with Crippen LogP contribution in [0.2, 0.25) is 0 Å². The molecule has 21 heavy (non-hydrogen) atoms. The third-order valence-corrected chi connectivity index (χ3v) is 5.65. The molecule has 3 unspecified atom stereocenters. The SMILES string of the molecule is CC1(C(=O)N2CCCC(CNS(C)(=O)=O)C2)CCCC1N. The lowest BCUT2D eigenvalue weighted by Crippen LogP contribution is -2.52. The molecule has 2 fully saturated rings. The predicted molar refractivity (Wildman–Crippen MR) is 82.1 cm³/mol. The smallest absolute Gasteiger partial charge is 0.230 e. The second kappa shape index (κ2) is 6.22. The maximum absolute atomic E-state index is 12.8. The number of carbonyl (C=O) groups is 1. The van der Waals surface area contributed by atoms with E-state index < -0.39 is 15.4 Å². The topological polar surface area (TPSA) is 92.5 Å². The van der Waals surface area contributed by atoms with Gasteiger partial charge in [0, 0.05) is 25.7 Å². The van der Waals surface area contributed by atoms with Crippen LogP contribution in [0.5, 0.6) is 0 Å². The largest absolute Gasteiger partial charge is 0.342 e. The molecule has 0 radical (unpaired) electrons. The van der Waals surface area contributed by atoms with E-state index >= 15 is 0 Å². The van der Waals surface area contributed by atoms with Gasteiger partial charge in [0.05, 0.1) is 11.7 Å². The zero-order valence-electron chi connectivity index (χ0n) is 13.0. The van der Waals surface area contributed by atoms with E-state index in [4.69, 9.17) is 5.73 Å². The summed E-state index contributed by atoms with van der Waals surface area (Å²) in [7, 11) is -3.17. The number of nitrogens with zero attached hydrogens (tertiary/aromatic N) is 1. The Morgan fingerprint density at radius 2 is 2.10 bits per heavy atom. The van der Waals surface area contributed by atoms with Gasteiger partial charge in [-0.15, -0.1) is 0 Å². The van der Waals surface area contributed by atoms with Crippen molar-refractivity contribution in [3.05, 3.63) is 0 Å². The minimum absolute atomic E-state index is 0.0560. The molecular formula is C14H27N3O3S. The molecule has 1 aliphatic carbocycles. The molecule has 1 amide bonds. The summed E-state index contributed by atoms with van der Waals surface area (Å²) < 4.78 is 24.9. The van der Waals surface area contributed by atoms with Crippen molar-refractivity contribution in [3.63, 3.8) is 0 Å². The molecule has 2 aliphatic rings. The van der Waals surface area contributed by atoms with Gasteiger partial charge in [0.25, 0.3) is 0 Å². The summed E-state index contributed by atoms with van der Waals surface area (Å²) in [5.74, 6) is 0.343. The van der Waals surface area contributed by atoms with Crippen LogP contribution in [0.4, 0.5) is 0 Å². The lowest BCUT2D eigenvalue weighted by atomic mass is 9.82. The third-order valence-electron chi connectivity index (χ3n) is 4.96. The number of rotatable bonds is 4. The number of sulfonamides is 1. The molecule has 7 heteroatoms. The Bertz CT molecular complexity index is 494. The Labute approximate surface area is 127 Å². The van der Waals surface area contributed by atoms with Gasteiger partial charge in [-0.3, -0.25) is 4.79 Å². The van der Waals surface area contributed by atoms with Crippen molar-refractivity contribution in [2.75, 3.05) is 25.9 Å². The second-order valence-electron chi connectivity index (χ2n) is 6.80. The normalized spacial score (nSPS) is 34.1. The highest BCUT2D eigenvalue weighted by Gasteiger charge is 2.45. The zero-order valence-corrected chi connectivity index (χ0v) is 13.8. The number of carbonyl (C=O) groups excluding carboxylic acids is 1. The molecule has 2 rings (SSSR count). The lowest BCUT2D eigenvalue weighted by Gasteiger charge is -2.39. The highest BCUT2D eigenvalue weighted by Crippen LogP contribution is 2.39. The van der Waals surface area contributed by atoms with E-state index in [2.05, 4.69) is 4.72 Å². The van der Waals surface area contributed by atoms with Crippen LogP contribution < -0.4 is 10.5 Å². The Kier molecular flexibility index (Phi) is 4.95. The summed E-state index contributed by atoms with van der Waals surface area (Å²) >= 11 is 0. The molecule has 3 N–H and O–H groups in total. The van der Waals surface area contributed by atoms with E-state index in [1.165, 1.54) is 0 Å². The summed E-state index contributed by atoms with van der Waals surface area (Å²) in [6.07, 6.45) is 5.82. The minimum atomic E-state index is -3.17. The summed E-state index contributed by atoms with van der Waals surface area (Å²) in [6.45, 7) is 3.77. The van der Waals surface area contributed by atoms with E-state index in [1.807, 2.05) is 11.8 Å². The lowest BCUT2D eigenvalue weighted by molar-refractivity contribution is -0.143. The van der Waals surface area contributed by atoms with E-state index in [1.54, 1.807) is 0 Å². The quantitative estimate of drug-likeness (QED) is 0.779. The third kappa shape index (κ3) is 3.96. The second-order valence-corrected chi connectivity index (χ2v) is 8.63. The van der Waals surface area contributed by atoms with E-state index in [9.17, 15) is 13.2 Å². The van der Waals surface area contributed by atoms with Crippen LogP contribution in [0.25, 0.3) is 0 Å². The fourth-order valence-corrected chi connectivity index (χ4v) is 4.04. The fraction of sp³-hybridized carbons (Fsp3) is 0.929. The Morgan fingerprint density at radius 1 is 1.38 bits per heavy atom. The molecule has 1 heterocycles. The number of hydrogen-bond donors (Lipinski definition) is 2. The number of likely N-dealkylation sites (tertiary alicyclic amines) is 1. The predicted octanol–water partition coefficient (Wildman–Crippen LogP) is 0.292. The molecular weight excluding hydrogens is 290 g/mol. The number of piperidine rings is 1. The molecule has 0 aromatic rings. The first-order valence-corrected chi connectivity index (χ1v) is 9.61. The maximum atomic E-state index is 12.8. The molecule has 6 nitrogen and oxygen atoms in total. The first-order valence-electron chi connectivity index (χ1n) is 7.72. The van der Waals surface area contributed by atoms with Gasteiger partial charge in [-0.25, -0.2) is 13.1 Å². The fourth-order valence-electron chi connectivity index (χ4n) is 3.51. The van der Waals surface area contributed by atoms with Crippen LogP contribution in [0, 0.1) is 11.3 Å². The molecule has 122 valence electrons. The van der Waals surface area contributed by atoms with Gasteiger partial charge in [-0.1, -0.05) is 6.42 Å². The van der Waals surface area contributed by atoms with Crippen molar-refractivity contribution in [1.29, 1.82) is 0 Å². The number of nitrogens with two attached hydrogens (primary N) is 1. The molecule has 0 bridgehead atoms. The average molecular weight is 317 g/mol. The Balaban J connectivity index is 1.96. The van der Waals surface area contributed by atoms with E-state index in [0.717, 1.165) is 44.9 Å². The van der Waals surface area contributed by atoms with E-state index in [-0.39, 0.29) is 17.9 Å². The molecule has 3 atom stereocenters. The summed E-state index contributed by atoms with van der Waals surface area (Å²) in [5.41, 5.74) is 5.69. The van der Waals surface area contributed by atoms with Crippen molar-refractivity contribution in [3.8, 4) is 0 Å². The highest BCUT2D eigenvalue weighted by molar-refractivity contribution is 7.88. The summed E-state index contributed by atoms with van der Waals surface area (Å²) in [6, 6.07) is -0.0560. The number of amides is 1. The minimum Gasteiger partial charge on any atom is -0.342 e. The van der Waals surface area contributed by atoms with Gasteiger partial charge >= 0.3 is 0 Å². The molecule has 1 aliphatic heterocycles. The van der Waals surface area contributed by atoms with Crippen LogP contribution in [0.1, 0.15) is 39.0 Å². The van der Waals surface area contributed by atoms with Crippen molar-refractivity contribution in [1.82, 2.24) is 9.62 Å². The zero-order chi connectivity index (χ0) is 15.7. The number of nitrogens with one attached hydrogen (secondary N) is 1. The first kappa shape index (κ1) is 16.7. The van der Waals surface area contributed by atoms with Gasteiger partial charge in [0.1, 0.15) is 0 Å². The van der Waals surface area contributed by atoms with Crippen LogP contribution in [-0.2, 0) is 14.8 Å². The molecule has 1 saturated carbocycles. The van der Waals surface area contributed by atoms with Crippen molar-refractivity contribution in [2.24, 2.45) is 17.1 Å². The maximum Gasteiger partial charge on any atom is 0.230 e. The first-order chi connectivity index (χ1) is 9.72. The molecule has 1 saturated heterocycles. The van der Waals surface area contributed by atoms with Crippen molar-refractivity contribution < 1.29 is 13.2 Å². The monoisotopic (exact) mass is 317 g/mol. The molecule has 0 aromatic carbocycles. The van der Waals surface area contributed by atoms with Gasteiger partial charge in [0.15, 0.2) is 0 Å². The Hall–Kier alpha value is -0.660. The van der Waals surface area contributed by atoms with Crippen LogP contribution in [0.15, 0.2) is 0 Å². The van der Waals surface area contributed by atoms with Crippen LogP contribution in [-0.4, -0.2) is 51.2 Å². The average Bonchev–Trinajstić information content (AvgIpc) is 2.76. The number of hydrogen-bond acceptors (Lipinski definition) is 4. The van der Waals surface area contributed by atoms with Gasteiger partial charge < -0.3 is 10.6 Å². The van der Waals surface area contributed by atoms with Gasteiger partial charge in [-0.2, -0.15) is 0 Å². The standard InChI is InChI=1S/C14H27N3O3S/c1-14(7-3-6-12(14)15)13(18)17-8-4-5-11(10-17)9-16-21(2,19)20/h11-12,16H,3-10,15H2,1-2H3. The van der Waals surface area contributed by atoms with Crippen molar-refractivity contribution in [2.45, 2.75) is 45.1 Å².